The van der Waals surface area contributed by atoms with Gasteiger partial charge in [0.25, 0.3) is 0 Å². The second kappa shape index (κ2) is 5.19. The van der Waals surface area contributed by atoms with Gasteiger partial charge in [-0.05, 0) is 18.4 Å². The lowest BCUT2D eigenvalue weighted by atomic mass is 10.2. The van der Waals surface area contributed by atoms with Crippen LogP contribution in [0.3, 0.4) is 0 Å². The van der Waals surface area contributed by atoms with Gasteiger partial charge in [0.05, 0.1) is 14.2 Å². The van der Waals surface area contributed by atoms with Crippen molar-refractivity contribution in [1.82, 2.24) is 0 Å². The summed E-state index contributed by atoms with van der Waals surface area (Å²) in [5, 5.41) is 11.2. The van der Waals surface area contributed by atoms with Gasteiger partial charge in [0, 0.05) is 0 Å². The van der Waals surface area contributed by atoms with Gasteiger partial charge in [0.15, 0.2) is 0 Å². The summed E-state index contributed by atoms with van der Waals surface area (Å²) in [7, 11) is -1.44. The fourth-order valence-electron chi connectivity index (χ4n) is 2.68. The van der Waals surface area contributed by atoms with Crippen molar-refractivity contribution < 1.29 is 5.11 Å². The van der Waals surface area contributed by atoms with Crippen LogP contribution >= 0.6 is 0 Å². The molecule has 17 heavy (non-hydrogen) atoms. The Labute approximate surface area is 105 Å². The van der Waals surface area contributed by atoms with Crippen LogP contribution in [0, 0.1) is 0 Å². The molecule has 0 aromatic heterocycles. The number of hydrogen-bond acceptors (Lipinski definition) is 1. The molecule has 0 heterocycles. The topological polar surface area (TPSA) is 20.2 Å². The summed E-state index contributed by atoms with van der Waals surface area (Å²) >= 11 is 0. The number of rotatable bonds is 2. The SMILES string of the molecule is C[Si](C)(c1ccccc1)[C@H]1C=C[C@@H](O)CCC1. The van der Waals surface area contributed by atoms with E-state index in [0.29, 0.717) is 5.54 Å². The molecule has 1 aliphatic rings. The molecule has 0 fully saturated rings. The van der Waals surface area contributed by atoms with E-state index in [2.05, 4.69) is 49.5 Å². The van der Waals surface area contributed by atoms with E-state index in [9.17, 15) is 5.11 Å². The number of aliphatic hydroxyl groups excluding tert-OH is 1. The van der Waals surface area contributed by atoms with Gasteiger partial charge in [-0.25, -0.2) is 0 Å². The molecular formula is C15H22OSi. The van der Waals surface area contributed by atoms with Gasteiger partial charge in [-0.3, -0.25) is 0 Å². The van der Waals surface area contributed by atoms with Crippen LogP contribution in [0.15, 0.2) is 42.5 Å². The Balaban J connectivity index is 2.23. The highest BCUT2D eigenvalue weighted by atomic mass is 28.3. The zero-order chi connectivity index (χ0) is 12.3. The lowest BCUT2D eigenvalue weighted by Crippen LogP contribution is -2.45. The molecule has 0 aliphatic heterocycles. The summed E-state index contributed by atoms with van der Waals surface area (Å²) in [6.07, 6.45) is 7.35. The van der Waals surface area contributed by atoms with Crippen LogP contribution in [0.1, 0.15) is 19.3 Å². The van der Waals surface area contributed by atoms with Crippen molar-refractivity contribution in [2.45, 2.75) is 44.0 Å². The number of benzene rings is 1. The molecule has 1 aliphatic carbocycles. The molecule has 2 rings (SSSR count). The van der Waals surface area contributed by atoms with Crippen LogP contribution in [0.25, 0.3) is 0 Å². The van der Waals surface area contributed by atoms with Crippen molar-refractivity contribution in [3.63, 3.8) is 0 Å². The van der Waals surface area contributed by atoms with Crippen molar-refractivity contribution in [1.29, 1.82) is 0 Å². The van der Waals surface area contributed by atoms with Gasteiger partial charge in [0.2, 0.25) is 0 Å². The quantitative estimate of drug-likeness (QED) is 0.628. The van der Waals surface area contributed by atoms with Crippen LogP contribution in [0.2, 0.25) is 18.6 Å². The summed E-state index contributed by atoms with van der Waals surface area (Å²) in [5.74, 6) is 0. The fourth-order valence-corrected chi connectivity index (χ4v) is 5.68. The zero-order valence-electron chi connectivity index (χ0n) is 10.8. The minimum Gasteiger partial charge on any atom is -0.389 e. The monoisotopic (exact) mass is 246 g/mol. The third-order valence-electron chi connectivity index (χ3n) is 4.03. The normalized spacial score (nSPS) is 25.6. The van der Waals surface area contributed by atoms with E-state index in [1.54, 1.807) is 0 Å². The van der Waals surface area contributed by atoms with E-state index in [0.717, 1.165) is 12.8 Å². The molecule has 0 saturated carbocycles. The number of aliphatic hydroxyl groups is 1. The van der Waals surface area contributed by atoms with Crippen LogP contribution in [-0.4, -0.2) is 19.3 Å². The molecular weight excluding hydrogens is 224 g/mol. The Morgan fingerprint density at radius 2 is 1.76 bits per heavy atom. The van der Waals surface area contributed by atoms with Crippen LogP contribution in [0.4, 0.5) is 0 Å². The standard InChI is InChI=1S/C15H22OSi/c1-17(2,14-8-4-3-5-9-14)15-10-6-7-13(16)11-12-15/h3-5,8-9,11-13,15-16H,6-7,10H2,1-2H3/t13-,15+/m0/s1. The van der Waals surface area contributed by atoms with Gasteiger partial charge in [-0.1, -0.05) is 67.2 Å². The predicted octanol–water partition coefficient (Wildman–Crippen LogP) is 3.07. The molecule has 2 heteroatoms. The van der Waals surface area contributed by atoms with Crippen molar-refractivity contribution in [2.24, 2.45) is 0 Å². The van der Waals surface area contributed by atoms with Crippen molar-refractivity contribution in [2.75, 3.05) is 0 Å². The van der Waals surface area contributed by atoms with Gasteiger partial charge in [-0.15, -0.1) is 0 Å². The summed E-state index contributed by atoms with van der Waals surface area (Å²) in [5.41, 5.74) is 0.655. The van der Waals surface area contributed by atoms with Gasteiger partial charge in [-0.2, -0.15) is 0 Å². The molecule has 1 aromatic carbocycles. The van der Waals surface area contributed by atoms with E-state index >= 15 is 0 Å². The molecule has 0 radical (unpaired) electrons. The predicted molar refractivity (Wildman–Crippen MR) is 76.3 cm³/mol. The molecule has 0 unspecified atom stereocenters. The Morgan fingerprint density at radius 3 is 2.47 bits per heavy atom. The van der Waals surface area contributed by atoms with Crippen LogP contribution in [0.5, 0.6) is 0 Å². The van der Waals surface area contributed by atoms with Crippen LogP contribution < -0.4 is 5.19 Å². The molecule has 0 spiro atoms. The molecule has 1 N–H and O–H groups in total. The molecule has 0 bridgehead atoms. The smallest absolute Gasteiger partial charge is 0.0873 e. The molecule has 0 saturated heterocycles. The second-order valence-corrected chi connectivity index (χ2v) is 10.3. The van der Waals surface area contributed by atoms with Gasteiger partial charge in [0.1, 0.15) is 0 Å². The average Bonchev–Trinajstić information content (AvgIpc) is 2.55. The van der Waals surface area contributed by atoms with Crippen molar-refractivity contribution in [3.05, 3.63) is 42.5 Å². The Morgan fingerprint density at radius 1 is 1.06 bits per heavy atom. The van der Waals surface area contributed by atoms with Gasteiger partial charge >= 0.3 is 0 Å². The number of allylic oxidation sites excluding steroid dienone is 1. The maximum Gasteiger partial charge on any atom is 0.0873 e. The van der Waals surface area contributed by atoms with E-state index in [-0.39, 0.29) is 6.10 Å². The zero-order valence-corrected chi connectivity index (χ0v) is 11.8. The minimum atomic E-state index is -1.44. The van der Waals surface area contributed by atoms with E-state index in [1.807, 2.05) is 6.08 Å². The fraction of sp³-hybridized carbons (Fsp3) is 0.467. The molecule has 92 valence electrons. The first-order valence-corrected chi connectivity index (χ1v) is 9.60. The van der Waals surface area contributed by atoms with Crippen molar-refractivity contribution >= 4 is 13.3 Å². The average molecular weight is 246 g/mol. The lowest BCUT2D eigenvalue weighted by Gasteiger charge is -2.30. The highest BCUT2D eigenvalue weighted by Gasteiger charge is 2.32. The summed E-state index contributed by atoms with van der Waals surface area (Å²) < 4.78 is 0. The first kappa shape index (κ1) is 12.6. The van der Waals surface area contributed by atoms with Crippen molar-refractivity contribution in [3.8, 4) is 0 Å². The van der Waals surface area contributed by atoms with Crippen LogP contribution in [-0.2, 0) is 0 Å². The Bertz CT molecular complexity index is 383. The first-order chi connectivity index (χ1) is 8.10. The maximum absolute atomic E-state index is 9.67. The first-order valence-electron chi connectivity index (χ1n) is 6.52. The summed E-state index contributed by atoms with van der Waals surface area (Å²) in [6, 6.07) is 10.9. The highest BCUT2D eigenvalue weighted by molar-refractivity contribution is 6.91. The number of hydrogen-bond donors (Lipinski definition) is 1. The Hall–Kier alpha value is -0.863. The highest BCUT2D eigenvalue weighted by Crippen LogP contribution is 2.31. The summed E-state index contributed by atoms with van der Waals surface area (Å²) in [4.78, 5) is 0. The van der Waals surface area contributed by atoms with E-state index in [4.69, 9.17) is 0 Å². The second-order valence-electron chi connectivity index (χ2n) is 5.58. The Kier molecular flexibility index (Phi) is 3.85. The molecule has 0 amide bonds. The lowest BCUT2D eigenvalue weighted by molar-refractivity contribution is 0.211. The third kappa shape index (κ3) is 2.88. The van der Waals surface area contributed by atoms with Gasteiger partial charge < -0.3 is 5.11 Å². The largest absolute Gasteiger partial charge is 0.389 e. The molecule has 1 aromatic rings. The molecule has 2 atom stereocenters. The van der Waals surface area contributed by atoms with E-state index in [1.165, 1.54) is 11.6 Å². The van der Waals surface area contributed by atoms with E-state index < -0.39 is 8.07 Å². The maximum atomic E-state index is 9.67. The summed E-state index contributed by atoms with van der Waals surface area (Å²) in [6.45, 7) is 4.88. The molecule has 1 nitrogen and oxygen atoms in total. The minimum absolute atomic E-state index is 0.222. The third-order valence-corrected chi connectivity index (χ3v) is 8.18.